The second kappa shape index (κ2) is 6.75. The summed E-state index contributed by atoms with van der Waals surface area (Å²) in [5.74, 6) is 0.807. The Morgan fingerprint density at radius 2 is 1.62 bits per heavy atom. The summed E-state index contributed by atoms with van der Waals surface area (Å²) in [4.78, 5) is 0. The first-order valence-electron chi connectivity index (χ1n) is 6.03. The SMILES string of the molecule is COc1ccc(C(O)c2ccc(Cl)cc2Cl)c(OC)c1Cl. The number of benzene rings is 2. The second-order valence-electron chi connectivity index (χ2n) is 4.27. The first kappa shape index (κ1) is 16.2. The third kappa shape index (κ3) is 3.22. The maximum atomic E-state index is 10.6. The molecule has 0 saturated heterocycles. The van der Waals surface area contributed by atoms with Gasteiger partial charge in [0.2, 0.25) is 0 Å². The number of aliphatic hydroxyl groups is 1. The molecule has 0 amide bonds. The molecule has 0 fully saturated rings. The van der Waals surface area contributed by atoms with Gasteiger partial charge >= 0.3 is 0 Å². The van der Waals surface area contributed by atoms with Crippen LogP contribution >= 0.6 is 34.8 Å². The van der Waals surface area contributed by atoms with Gasteiger partial charge in [-0.3, -0.25) is 0 Å². The highest BCUT2D eigenvalue weighted by Crippen LogP contribution is 2.42. The number of halogens is 3. The molecule has 0 saturated carbocycles. The molecule has 0 aliphatic rings. The van der Waals surface area contributed by atoms with Crippen molar-refractivity contribution in [3.8, 4) is 11.5 Å². The number of aliphatic hydroxyl groups excluding tert-OH is 1. The van der Waals surface area contributed by atoms with Gasteiger partial charge in [0.1, 0.15) is 22.6 Å². The molecule has 0 aromatic heterocycles. The van der Waals surface area contributed by atoms with Gasteiger partial charge in [-0.2, -0.15) is 0 Å². The van der Waals surface area contributed by atoms with E-state index >= 15 is 0 Å². The van der Waals surface area contributed by atoms with E-state index in [1.807, 2.05) is 0 Å². The highest BCUT2D eigenvalue weighted by atomic mass is 35.5. The van der Waals surface area contributed by atoms with E-state index in [1.54, 1.807) is 30.3 Å². The normalized spacial score (nSPS) is 12.1. The Morgan fingerprint density at radius 1 is 0.952 bits per heavy atom. The van der Waals surface area contributed by atoms with Crippen LogP contribution in [0.2, 0.25) is 15.1 Å². The molecule has 0 aliphatic heterocycles. The van der Waals surface area contributed by atoms with Crippen LogP contribution in [-0.2, 0) is 0 Å². The van der Waals surface area contributed by atoms with Gasteiger partial charge in [0.15, 0.2) is 0 Å². The van der Waals surface area contributed by atoms with Crippen LogP contribution in [0.3, 0.4) is 0 Å². The van der Waals surface area contributed by atoms with Crippen molar-refractivity contribution in [1.82, 2.24) is 0 Å². The predicted octanol–water partition coefficient (Wildman–Crippen LogP) is 4.75. The zero-order chi connectivity index (χ0) is 15.6. The van der Waals surface area contributed by atoms with E-state index in [9.17, 15) is 5.11 Å². The van der Waals surface area contributed by atoms with E-state index in [4.69, 9.17) is 44.3 Å². The molecule has 0 bridgehead atoms. The molecule has 2 aromatic rings. The van der Waals surface area contributed by atoms with Gasteiger partial charge < -0.3 is 14.6 Å². The lowest BCUT2D eigenvalue weighted by molar-refractivity contribution is 0.214. The standard InChI is InChI=1S/C15H13Cl3O3/c1-20-12-6-5-10(15(21-2)13(12)18)14(19)9-4-3-8(16)7-11(9)17/h3-7,14,19H,1-2H3. The number of methoxy groups -OCH3 is 2. The lowest BCUT2D eigenvalue weighted by atomic mass is 10.0. The fourth-order valence-electron chi connectivity index (χ4n) is 2.02. The summed E-state index contributed by atoms with van der Waals surface area (Å²) in [5, 5.41) is 11.7. The molecule has 0 spiro atoms. The Kier molecular flexibility index (Phi) is 5.22. The van der Waals surface area contributed by atoms with Crippen molar-refractivity contribution in [2.24, 2.45) is 0 Å². The molecule has 0 heterocycles. The highest BCUT2D eigenvalue weighted by Gasteiger charge is 2.22. The summed E-state index contributed by atoms with van der Waals surface area (Å²) in [7, 11) is 2.98. The van der Waals surface area contributed by atoms with Crippen molar-refractivity contribution in [1.29, 1.82) is 0 Å². The maximum absolute atomic E-state index is 10.6. The summed E-state index contributed by atoms with van der Waals surface area (Å²) >= 11 is 18.2. The van der Waals surface area contributed by atoms with Crippen LogP contribution in [0.1, 0.15) is 17.2 Å². The Hall–Kier alpha value is -1.13. The van der Waals surface area contributed by atoms with Gasteiger partial charge in [0, 0.05) is 21.2 Å². The van der Waals surface area contributed by atoms with Gasteiger partial charge in [0.05, 0.1) is 14.2 Å². The van der Waals surface area contributed by atoms with Crippen LogP contribution in [0.5, 0.6) is 11.5 Å². The van der Waals surface area contributed by atoms with Crippen molar-refractivity contribution < 1.29 is 14.6 Å². The molecule has 0 radical (unpaired) electrons. The van der Waals surface area contributed by atoms with Crippen LogP contribution in [0.15, 0.2) is 30.3 Å². The molecule has 0 aliphatic carbocycles. The summed E-state index contributed by atoms with van der Waals surface area (Å²) in [6, 6.07) is 8.22. The van der Waals surface area contributed by atoms with E-state index in [0.29, 0.717) is 37.7 Å². The molecular formula is C15H13Cl3O3. The molecule has 2 rings (SSSR count). The molecule has 1 unspecified atom stereocenters. The Morgan fingerprint density at radius 3 is 2.19 bits per heavy atom. The van der Waals surface area contributed by atoms with Gasteiger partial charge in [-0.15, -0.1) is 0 Å². The van der Waals surface area contributed by atoms with Gasteiger partial charge in [0.25, 0.3) is 0 Å². The van der Waals surface area contributed by atoms with Gasteiger partial charge in [-0.25, -0.2) is 0 Å². The van der Waals surface area contributed by atoms with Gasteiger partial charge in [-0.05, 0) is 24.3 Å². The Balaban J connectivity index is 2.52. The van der Waals surface area contributed by atoms with Gasteiger partial charge in [-0.1, -0.05) is 40.9 Å². The topological polar surface area (TPSA) is 38.7 Å². The molecule has 21 heavy (non-hydrogen) atoms. The largest absolute Gasteiger partial charge is 0.495 e. The Bertz CT molecular complexity index is 659. The van der Waals surface area contributed by atoms with E-state index < -0.39 is 6.10 Å². The van der Waals surface area contributed by atoms with Crippen LogP contribution in [0.25, 0.3) is 0 Å². The highest BCUT2D eigenvalue weighted by molar-refractivity contribution is 6.35. The quantitative estimate of drug-likeness (QED) is 0.867. The van der Waals surface area contributed by atoms with Crippen LogP contribution in [0, 0.1) is 0 Å². The minimum absolute atomic E-state index is 0.293. The summed E-state index contributed by atoms with van der Waals surface area (Å²) in [6.45, 7) is 0. The molecular weight excluding hydrogens is 335 g/mol. The third-order valence-electron chi connectivity index (χ3n) is 3.07. The van der Waals surface area contributed by atoms with E-state index in [-0.39, 0.29) is 0 Å². The second-order valence-corrected chi connectivity index (χ2v) is 5.49. The van der Waals surface area contributed by atoms with Crippen LogP contribution < -0.4 is 9.47 Å². The number of hydrogen-bond acceptors (Lipinski definition) is 3. The molecule has 1 atom stereocenters. The van der Waals surface area contributed by atoms with E-state index in [0.717, 1.165) is 0 Å². The number of rotatable bonds is 4. The smallest absolute Gasteiger partial charge is 0.147 e. The predicted molar refractivity (Wildman–Crippen MR) is 85.1 cm³/mol. The molecule has 1 N–H and O–H groups in total. The molecule has 6 heteroatoms. The van der Waals surface area contributed by atoms with E-state index in [1.165, 1.54) is 14.2 Å². The summed E-state index contributed by atoms with van der Waals surface area (Å²) < 4.78 is 10.4. The first-order valence-corrected chi connectivity index (χ1v) is 7.16. The zero-order valence-electron chi connectivity index (χ0n) is 11.4. The summed E-state index contributed by atoms with van der Waals surface area (Å²) in [5.41, 5.74) is 1.01. The molecule has 2 aromatic carbocycles. The van der Waals surface area contributed by atoms with Crippen LogP contribution in [-0.4, -0.2) is 19.3 Å². The van der Waals surface area contributed by atoms with E-state index in [2.05, 4.69) is 0 Å². The Labute approximate surface area is 138 Å². The summed E-state index contributed by atoms with van der Waals surface area (Å²) in [6.07, 6.45) is -0.992. The zero-order valence-corrected chi connectivity index (χ0v) is 13.6. The average Bonchev–Trinajstić information content (AvgIpc) is 2.46. The lowest BCUT2D eigenvalue weighted by Gasteiger charge is -2.18. The first-order chi connectivity index (χ1) is 9.99. The van der Waals surface area contributed by atoms with Crippen molar-refractivity contribution >= 4 is 34.8 Å². The average molecular weight is 348 g/mol. The maximum Gasteiger partial charge on any atom is 0.147 e. The monoisotopic (exact) mass is 346 g/mol. The minimum Gasteiger partial charge on any atom is -0.495 e. The van der Waals surface area contributed by atoms with Crippen molar-refractivity contribution in [2.75, 3.05) is 14.2 Å². The lowest BCUT2D eigenvalue weighted by Crippen LogP contribution is -2.04. The van der Waals surface area contributed by atoms with Crippen molar-refractivity contribution in [2.45, 2.75) is 6.10 Å². The number of ether oxygens (including phenoxy) is 2. The molecule has 112 valence electrons. The van der Waals surface area contributed by atoms with Crippen molar-refractivity contribution in [3.05, 3.63) is 56.5 Å². The van der Waals surface area contributed by atoms with Crippen molar-refractivity contribution in [3.63, 3.8) is 0 Å². The molecule has 3 nitrogen and oxygen atoms in total. The minimum atomic E-state index is -0.992. The fraction of sp³-hybridized carbons (Fsp3) is 0.200. The van der Waals surface area contributed by atoms with Crippen LogP contribution in [0.4, 0.5) is 0 Å². The fourth-order valence-corrected chi connectivity index (χ4v) is 2.86. The number of hydrogen-bond donors (Lipinski definition) is 1. The third-order valence-corrected chi connectivity index (χ3v) is 3.99.